The number of nitrogens with zero attached hydrogens (tertiary/aromatic N) is 3. The molecule has 0 atom stereocenters. The van der Waals surface area contributed by atoms with Crippen molar-refractivity contribution < 1.29 is 14.1 Å². The number of pyridine rings is 1. The van der Waals surface area contributed by atoms with Crippen molar-refractivity contribution in [1.82, 2.24) is 15.1 Å². The van der Waals surface area contributed by atoms with Crippen LogP contribution in [-0.4, -0.2) is 27.7 Å². The van der Waals surface area contributed by atoms with Gasteiger partial charge in [-0.1, -0.05) is 12.1 Å². The van der Waals surface area contributed by atoms with E-state index in [-0.39, 0.29) is 11.9 Å². The Bertz CT molecular complexity index is 635. The Kier molecular flexibility index (Phi) is 4.35. The second kappa shape index (κ2) is 6.03. The molecule has 0 fully saturated rings. The first kappa shape index (κ1) is 15.2. The van der Waals surface area contributed by atoms with Gasteiger partial charge in [-0.15, -0.1) is 0 Å². The molecule has 0 saturated carbocycles. The summed E-state index contributed by atoms with van der Waals surface area (Å²) in [4.78, 5) is 20.4. The average Bonchev–Trinajstić information content (AvgIpc) is 2.97. The van der Waals surface area contributed by atoms with Gasteiger partial charge < -0.3 is 9.26 Å². The average molecular weight is 289 g/mol. The molecule has 0 bridgehead atoms. The minimum absolute atomic E-state index is 0.245. The molecular formula is C15H19N3O3. The number of aryl methyl sites for hydroxylation is 1. The molecule has 0 spiro atoms. The Hall–Kier alpha value is -2.24. The molecule has 0 aliphatic heterocycles. The first-order valence-electron chi connectivity index (χ1n) is 6.95. The molecule has 2 aromatic rings. The zero-order valence-electron chi connectivity index (χ0n) is 12.7. The van der Waals surface area contributed by atoms with Crippen molar-refractivity contribution in [2.75, 3.05) is 6.61 Å². The Labute approximate surface area is 123 Å². The van der Waals surface area contributed by atoms with E-state index in [1.165, 1.54) is 0 Å². The van der Waals surface area contributed by atoms with Gasteiger partial charge in [0, 0.05) is 18.0 Å². The summed E-state index contributed by atoms with van der Waals surface area (Å²) >= 11 is 0. The zero-order chi connectivity index (χ0) is 15.5. The number of hydrogen-bond donors (Lipinski definition) is 0. The fraction of sp³-hybridized carbons (Fsp3) is 0.467. The van der Waals surface area contributed by atoms with Gasteiger partial charge in [0.15, 0.2) is 0 Å². The first-order chi connectivity index (χ1) is 10.0. The summed E-state index contributed by atoms with van der Waals surface area (Å²) in [5.41, 5.74) is 0.918. The third-order valence-electron chi connectivity index (χ3n) is 3.27. The summed E-state index contributed by atoms with van der Waals surface area (Å²) in [6, 6.07) is 1.84. The fourth-order valence-electron chi connectivity index (χ4n) is 1.91. The van der Waals surface area contributed by atoms with E-state index >= 15 is 0 Å². The number of carbonyl (C=O) groups is 1. The summed E-state index contributed by atoms with van der Waals surface area (Å²) < 4.78 is 10.3. The van der Waals surface area contributed by atoms with Gasteiger partial charge in [-0.2, -0.15) is 4.98 Å². The molecule has 112 valence electrons. The Morgan fingerprint density at radius 3 is 2.81 bits per heavy atom. The standard InChI is InChI=1S/C15H19N3O3/c1-5-10-9-16-8-7-11(10)12-17-13(21-18-12)15(3,4)14(19)20-6-2/h7-9H,5-6H2,1-4H3. The number of carbonyl (C=O) groups excluding carboxylic acids is 1. The van der Waals surface area contributed by atoms with Crippen LogP contribution >= 0.6 is 0 Å². The number of esters is 1. The lowest BCUT2D eigenvalue weighted by Gasteiger charge is -2.17. The molecule has 2 aromatic heterocycles. The third kappa shape index (κ3) is 2.94. The lowest BCUT2D eigenvalue weighted by atomic mass is 9.93. The quantitative estimate of drug-likeness (QED) is 0.787. The second-order valence-corrected chi connectivity index (χ2v) is 5.15. The molecule has 2 rings (SSSR count). The summed E-state index contributed by atoms with van der Waals surface area (Å²) in [6.45, 7) is 7.51. The molecule has 6 heteroatoms. The minimum Gasteiger partial charge on any atom is -0.465 e. The SMILES string of the molecule is CCOC(=O)C(C)(C)c1nc(-c2ccncc2CC)no1. The molecule has 0 N–H and O–H groups in total. The van der Waals surface area contributed by atoms with Crippen LogP contribution < -0.4 is 0 Å². The number of hydrogen-bond acceptors (Lipinski definition) is 6. The Morgan fingerprint density at radius 2 is 2.14 bits per heavy atom. The van der Waals surface area contributed by atoms with Gasteiger partial charge >= 0.3 is 5.97 Å². The van der Waals surface area contributed by atoms with Crippen LogP contribution in [0.4, 0.5) is 0 Å². The van der Waals surface area contributed by atoms with Crippen LogP contribution in [0.1, 0.15) is 39.1 Å². The van der Waals surface area contributed by atoms with E-state index in [2.05, 4.69) is 15.1 Å². The van der Waals surface area contributed by atoms with Crippen molar-refractivity contribution in [2.45, 2.75) is 39.5 Å². The van der Waals surface area contributed by atoms with Crippen LogP contribution in [0.25, 0.3) is 11.4 Å². The molecule has 0 radical (unpaired) electrons. The molecule has 0 saturated heterocycles. The van der Waals surface area contributed by atoms with E-state index < -0.39 is 5.41 Å². The number of aromatic nitrogens is 3. The normalized spacial score (nSPS) is 11.4. The van der Waals surface area contributed by atoms with Crippen LogP contribution in [0.2, 0.25) is 0 Å². The van der Waals surface area contributed by atoms with Crippen molar-refractivity contribution >= 4 is 5.97 Å². The van der Waals surface area contributed by atoms with Gasteiger partial charge in [-0.25, -0.2) is 0 Å². The molecule has 2 heterocycles. The highest BCUT2D eigenvalue weighted by molar-refractivity contribution is 5.80. The summed E-state index contributed by atoms with van der Waals surface area (Å²) in [6.07, 6.45) is 4.27. The predicted octanol–water partition coefficient (Wildman–Crippen LogP) is 2.53. The highest BCUT2D eigenvalue weighted by Crippen LogP contribution is 2.27. The topological polar surface area (TPSA) is 78.1 Å². The van der Waals surface area contributed by atoms with Crippen molar-refractivity contribution in [1.29, 1.82) is 0 Å². The highest BCUT2D eigenvalue weighted by Gasteiger charge is 2.37. The van der Waals surface area contributed by atoms with Crippen molar-refractivity contribution in [3.05, 3.63) is 29.9 Å². The van der Waals surface area contributed by atoms with E-state index in [4.69, 9.17) is 9.26 Å². The summed E-state index contributed by atoms with van der Waals surface area (Å²) in [7, 11) is 0. The maximum absolute atomic E-state index is 12.0. The van der Waals surface area contributed by atoms with Crippen LogP contribution in [-0.2, 0) is 21.4 Å². The second-order valence-electron chi connectivity index (χ2n) is 5.15. The highest BCUT2D eigenvalue weighted by atomic mass is 16.5. The first-order valence-corrected chi connectivity index (χ1v) is 6.95. The van der Waals surface area contributed by atoms with E-state index in [1.807, 2.05) is 13.0 Å². The fourth-order valence-corrected chi connectivity index (χ4v) is 1.91. The Morgan fingerprint density at radius 1 is 1.38 bits per heavy atom. The molecule has 6 nitrogen and oxygen atoms in total. The molecule has 0 aliphatic rings. The largest absolute Gasteiger partial charge is 0.465 e. The van der Waals surface area contributed by atoms with Gasteiger partial charge in [0.25, 0.3) is 0 Å². The van der Waals surface area contributed by atoms with Crippen LogP contribution in [0, 0.1) is 0 Å². The molecule has 0 aromatic carbocycles. The van der Waals surface area contributed by atoms with Gasteiger partial charge in [0.05, 0.1) is 6.61 Å². The van der Waals surface area contributed by atoms with Crippen LogP contribution in [0.15, 0.2) is 23.0 Å². The molecular weight excluding hydrogens is 270 g/mol. The van der Waals surface area contributed by atoms with Gasteiger partial charge in [-0.3, -0.25) is 9.78 Å². The lowest BCUT2D eigenvalue weighted by molar-refractivity contribution is -0.149. The maximum Gasteiger partial charge on any atom is 0.321 e. The summed E-state index contributed by atoms with van der Waals surface area (Å²) in [5.74, 6) is 0.321. The summed E-state index contributed by atoms with van der Waals surface area (Å²) in [5, 5.41) is 3.98. The number of ether oxygens (including phenoxy) is 1. The third-order valence-corrected chi connectivity index (χ3v) is 3.27. The van der Waals surface area contributed by atoms with Crippen molar-refractivity contribution in [3.8, 4) is 11.4 Å². The van der Waals surface area contributed by atoms with Gasteiger partial charge in [-0.05, 0) is 38.8 Å². The van der Waals surface area contributed by atoms with Crippen molar-refractivity contribution in [3.63, 3.8) is 0 Å². The van der Waals surface area contributed by atoms with Gasteiger partial charge in [0.2, 0.25) is 11.7 Å². The monoisotopic (exact) mass is 289 g/mol. The predicted molar refractivity (Wildman–Crippen MR) is 76.6 cm³/mol. The molecule has 21 heavy (non-hydrogen) atoms. The number of rotatable bonds is 5. The van der Waals surface area contributed by atoms with E-state index in [9.17, 15) is 4.79 Å². The van der Waals surface area contributed by atoms with E-state index in [0.29, 0.717) is 12.4 Å². The molecule has 0 aliphatic carbocycles. The minimum atomic E-state index is -0.972. The van der Waals surface area contributed by atoms with Gasteiger partial charge in [0.1, 0.15) is 5.41 Å². The molecule has 0 amide bonds. The van der Waals surface area contributed by atoms with Crippen LogP contribution in [0.5, 0.6) is 0 Å². The van der Waals surface area contributed by atoms with E-state index in [0.717, 1.165) is 17.5 Å². The van der Waals surface area contributed by atoms with Crippen molar-refractivity contribution in [2.24, 2.45) is 0 Å². The smallest absolute Gasteiger partial charge is 0.321 e. The lowest BCUT2D eigenvalue weighted by Crippen LogP contribution is -2.31. The Balaban J connectivity index is 2.36. The zero-order valence-corrected chi connectivity index (χ0v) is 12.7. The van der Waals surface area contributed by atoms with Crippen LogP contribution in [0.3, 0.4) is 0 Å². The molecule has 0 unspecified atom stereocenters. The van der Waals surface area contributed by atoms with E-state index in [1.54, 1.807) is 33.2 Å². The maximum atomic E-state index is 12.0.